The normalized spacial score (nSPS) is 12.1. The summed E-state index contributed by atoms with van der Waals surface area (Å²) in [5.41, 5.74) is 5.67. The molecule has 0 spiro atoms. The van der Waals surface area contributed by atoms with Crippen LogP contribution in [-0.4, -0.2) is 43.2 Å². The van der Waals surface area contributed by atoms with Gasteiger partial charge in [0.05, 0.1) is 29.7 Å². The van der Waals surface area contributed by atoms with E-state index in [1.165, 1.54) is 0 Å². The maximum absolute atomic E-state index is 6.32. The van der Waals surface area contributed by atoms with Gasteiger partial charge in [-0.05, 0) is 49.4 Å². The number of fused-ring (bicyclic) bond motifs is 2. The number of aromatic nitrogens is 9. The minimum Gasteiger partial charge on any atom is -0.470 e. The summed E-state index contributed by atoms with van der Waals surface area (Å²) in [6.45, 7) is 1.97. The molecule has 1 atom stereocenters. The van der Waals surface area contributed by atoms with E-state index in [4.69, 9.17) is 14.5 Å². The summed E-state index contributed by atoms with van der Waals surface area (Å²) in [4.78, 5) is 22.5. The van der Waals surface area contributed by atoms with Gasteiger partial charge in [0.15, 0.2) is 17.5 Å². The van der Waals surface area contributed by atoms with Crippen molar-refractivity contribution >= 4 is 22.3 Å². The van der Waals surface area contributed by atoms with Gasteiger partial charge in [-0.15, -0.1) is 0 Å². The lowest BCUT2D eigenvalue weighted by Crippen LogP contribution is -2.12. The molecule has 0 N–H and O–H groups in total. The molecule has 0 saturated heterocycles. The topological polar surface area (TPSA) is 103 Å². The zero-order valence-corrected chi connectivity index (χ0v) is 23.5. The Morgan fingerprint density at radius 2 is 1.20 bits per heavy atom. The third kappa shape index (κ3) is 4.71. The third-order valence-corrected chi connectivity index (χ3v) is 7.32. The number of hydrogen-bond donors (Lipinski definition) is 0. The Labute approximate surface area is 251 Å². The third-order valence-electron chi connectivity index (χ3n) is 7.32. The van der Waals surface area contributed by atoms with Crippen LogP contribution < -0.4 is 9.47 Å². The molecule has 0 radical (unpaired) electrons. The summed E-state index contributed by atoms with van der Waals surface area (Å²) < 4.78 is 20.3. The molecular formula is C33H25N9O2. The van der Waals surface area contributed by atoms with E-state index in [9.17, 15) is 0 Å². The first-order valence-electron chi connectivity index (χ1n) is 14.0. The molecule has 8 rings (SSSR count). The molecule has 3 aromatic carbocycles. The highest BCUT2D eigenvalue weighted by Gasteiger charge is 2.16. The SMILES string of the molecule is CC(Oc1cccc(-n2ccnc2)c1)n1cnc2cc3ncn(-c4cccc(Oc5cccc(-n6ccnc6)c5)c4)c3nc21. The summed E-state index contributed by atoms with van der Waals surface area (Å²) in [5.74, 6) is 2.14. The van der Waals surface area contributed by atoms with Gasteiger partial charge in [-0.3, -0.25) is 9.13 Å². The lowest BCUT2D eigenvalue weighted by Gasteiger charge is -2.17. The highest BCUT2D eigenvalue weighted by molar-refractivity contribution is 5.86. The van der Waals surface area contributed by atoms with Crippen LogP contribution in [0.2, 0.25) is 0 Å². The van der Waals surface area contributed by atoms with Gasteiger partial charge < -0.3 is 18.6 Å². The van der Waals surface area contributed by atoms with Crippen LogP contribution in [0.4, 0.5) is 0 Å². The molecule has 0 aliphatic carbocycles. The standard InChI is InChI=1S/C33H25N9O2/c1-23(43-27-8-2-5-24(15-27)39-13-11-34-19-39)41-21-36-30-18-31-33(38-32(30)41)42(22-37-31)26-7-4-10-29(17-26)44-28-9-3-6-25(16-28)40-14-12-35-20-40/h2-23H,1H3. The quantitative estimate of drug-likeness (QED) is 0.202. The fourth-order valence-electron chi connectivity index (χ4n) is 5.17. The zero-order chi connectivity index (χ0) is 29.5. The maximum atomic E-state index is 6.32. The number of hydrogen-bond acceptors (Lipinski definition) is 7. The fourth-order valence-corrected chi connectivity index (χ4v) is 5.17. The highest BCUT2D eigenvalue weighted by atomic mass is 16.5. The Morgan fingerprint density at radius 1 is 0.614 bits per heavy atom. The van der Waals surface area contributed by atoms with E-state index in [0.717, 1.165) is 39.6 Å². The number of pyridine rings is 1. The van der Waals surface area contributed by atoms with E-state index in [0.29, 0.717) is 17.0 Å². The summed E-state index contributed by atoms with van der Waals surface area (Å²) in [5, 5.41) is 0. The van der Waals surface area contributed by atoms with E-state index in [2.05, 4.69) is 19.9 Å². The summed E-state index contributed by atoms with van der Waals surface area (Å²) in [6.07, 6.45) is 13.9. The largest absolute Gasteiger partial charge is 0.470 e. The van der Waals surface area contributed by atoms with Crippen LogP contribution >= 0.6 is 0 Å². The van der Waals surface area contributed by atoms with E-state index in [1.807, 2.05) is 116 Å². The predicted molar refractivity (Wildman–Crippen MR) is 165 cm³/mol. The van der Waals surface area contributed by atoms with Crippen molar-refractivity contribution in [2.75, 3.05) is 0 Å². The number of nitrogens with zero attached hydrogens (tertiary/aromatic N) is 9. The van der Waals surface area contributed by atoms with Gasteiger partial charge in [-0.1, -0.05) is 18.2 Å². The number of imidazole rings is 4. The van der Waals surface area contributed by atoms with Gasteiger partial charge in [-0.2, -0.15) is 0 Å². The van der Waals surface area contributed by atoms with Crippen molar-refractivity contribution in [2.24, 2.45) is 0 Å². The van der Waals surface area contributed by atoms with Gasteiger partial charge in [0, 0.05) is 43.0 Å². The Hall–Kier alpha value is -6.23. The zero-order valence-electron chi connectivity index (χ0n) is 23.5. The van der Waals surface area contributed by atoms with Crippen molar-refractivity contribution in [3.8, 4) is 34.3 Å². The summed E-state index contributed by atoms with van der Waals surface area (Å²) in [6, 6.07) is 25.5. The van der Waals surface area contributed by atoms with E-state index in [-0.39, 0.29) is 6.23 Å². The molecule has 214 valence electrons. The van der Waals surface area contributed by atoms with Crippen molar-refractivity contribution in [3.05, 3.63) is 129 Å². The van der Waals surface area contributed by atoms with Crippen molar-refractivity contribution in [2.45, 2.75) is 13.2 Å². The molecule has 5 aromatic heterocycles. The molecule has 0 amide bonds. The first kappa shape index (κ1) is 25.5. The Balaban J connectivity index is 1.09. The molecule has 44 heavy (non-hydrogen) atoms. The number of ether oxygens (including phenoxy) is 2. The molecule has 8 aromatic rings. The molecule has 11 heteroatoms. The van der Waals surface area contributed by atoms with Crippen LogP contribution in [0, 0.1) is 0 Å². The summed E-state index contributed by atoms with van der Waals surface area (Å²) in [7, 11) is 0. The van der Waals surface area contributed by atoms with E-state index in [1.54, 1.807) is 37.7 Å². The lowest BCUT2D eigenvalue weighted by molar-refractivity contribution is 0.156. The molecule has 11 nitrogen and oxygen atoms in total. The molecule has 5 heterocycles. The van der Waals surface area contributed by atoms with Crippen LogP contribution in [0.1, 0.15) is 13.2 Å². The van der Waals surface area contributed by atoms with Crippen molar-refractivity contribution in [1.29, 1.82) is 0 Å². The average Bonchev–Trinajstić information content (AvgIpc) is 3.88. The van der Waals surface area contributed by atoms with Gasteiger partial charge in [-0.25, -0.2) is 24.9 Å². The van der Waals surface area contributed by atoms with Crippen LogP contribution in [0.5, 0.6) is 17.2 Å². The van der Waals surface area contributed by atoms with Gasteiger partial charge >= 0.3 is 0 Å². The van der Waals surface area contributed by atoms with Crippen LogP contribution in [0.25, 0.3) is 39.4 Å². The lowest BCUT2D eigenvalue weighted by atomic mass is 10.2. The van der Waals surface area contributed by atoms with E-state index < -0.39 is 0 Å². The van der Waals surface area contributed by atoms with Crippen LogP contribution in [0.15, 0.2) is 129 Å². The second-order valence-corrected chi connectivity index (χ2v) is 10.2. The first-order valence-corrected chi connectivity index (χ1v) is 14.0. The number of benzene rings is 3. The monoisotopic (exact) mass is 579 g/mol. The van der Waals surface area contributed by atoms with Crippen LogP contribution in [0.3, 0.4) is 0 Å². The number of rotatable bonds is 8. The van der Waals surface area contributed by atoms with Crippen molar-refractivity contribution < 1.29 is 9.47 Å². The molecule has 1 unspecified atom stereocenters. The van der Waals surface area contributed by atoms with Crippen molar-refractivity contribution in [1.82, 2.24) is 43.2 Å². The van der Waals surface area contributed by atoms with Crippen LogP contribution in [-0.2, 0) is 0 Å². The molecule has 0 fully saturated rings. The Bertz CT molecular complexity index is 2220. The van der Waals surface area contributed by atoms with Crippen molar-refractivity contribution in [3.63, 3.8) is 0 Å². The Morgan fingerprint density at radius 3 is 1.89 bits per heavy atom. The molecular weight excluding hydrogens is 554 g/mol. The second kappa shape index (κ2) is 10.6. The predicted octanol–water partition coefficient (Wildman–Crippen LogP) is 6.53. The molecule has 0 aliphatic heterocycles. The van der Waals surface area contributed by atoms with Gasteiger partial charge in [0.2, 0.25) is 0 Å². The second-order valence-electron chi connectivity index (χ2n) is 10.2. The fraction of sp³-hybridized carbons (Fsp3) is 0.0606. The molecule has 0 bridgehead atoms. The van der Waals surface area contributed by atoms with Gasteiger partial charge in [0.1, 0.15) is 40.9 Å². The van der Waals surface area contributed by atoms with Gasteiger partial charge in [0.25, 0.3) is 0 Å². The summed E-state index contributed by atoms with van der Waals surface area (Å²) >= 11 is 0. The molecule has 0 aliphatic rings. The minimum atomic E-state index is -0.367. The Kier molecular flexibility index (Phi) is 6.11. The molecule has 0 saturated carbocycles. The average molecular weight is 580 g/mol. The smallest absolute Gasteiger partial charge is 0.175 e. The minimum absolute atomic E-state index is 0.367. The maximum Gasteiger partial charge on any atom is 0.175 e. The first-order chi connectivity index (χ1) is 21.7. The highest BCUT2D eigenvalue weighted by Crippen LogP contribution is 2.29. The van der Waals surface area contributed by atoms with E-state index >= 15 is 0 Å².